The molecule has 0 saturated heterocycles. The minimum atomic E-state index is 0.413. The number of halogens is 1. The van der Waals surface area contributed by atoms with E-state index in [1.807, 2.05) is 30.1 Å². The van der Waals surface area contributed by atoms with E-state index in [2.05, 4.69) is 27.7 Å². The molecule has 0 aromatic carbocycles. The molecule has 98 valence electrons. The van der Waals surface area contributed by atoms with Crippen LogP contribution in [0.3, 0.4) is 0 Å². The van der Waals surface area contributed by atoms with Crippen LogP contribution < -0.4 is 0 Å². The van der Waals surface area contributed by atoms with Gasteiger partial charge in [0.15, 0.2) is 5.65 Å². The summed E-state index contributed by atoms with van der Waals surface area (Å²) in [5.41, 5.74) is 1.94. The molecule has 1 atom stereocenters. The maximum atomic E-state index is 5.87. The van der Waals surface area contributed by atoms with Crippen molar-refractivity contribution in [1.82, 2.24) is 14.5 Å². The molecule has 0 bridgehead atoms. The Balaban J connectivity index is 2.40. The van der Waals surface area contributed by atoms with Crippen molar-refractivity contribution in [2.24, 2.45) is 0 Å². The molecular formula is C13H18ClN3S. The van der Waals surface area contributed by atoms with Crippen LogP contribution in [0.25, 0.3) is 11.2 Å². The molecule has 0 radical (unpaired) electrons. The van der Waals surface area contributed by atoms with Crippen molar-refractivity contribution in [3.05, 3.63) is 24.2 Å². The Morgan fingerprint density at radius 3 is 3.06 bits per heavy atom. The summed E-state index contributed by atoms with van der Waals surface area (Å²) in [5, 5.41) is 0. The fourth-order valence-electron chi connectivity index (χ4n) is 2.12. The Morgan fingerprint density at radius 2 is 2.33 bits per heavy atom. The fraction of sp³-hybridized carbons (Fsp3) is 0.538. The molecule has 5 heteroatoms. The van der Waals surface area contributed by atoms with E-state index in [0.29, 0.717) is 11.9 Å². The van der Waals surface area contributed by atoms with Crippen LogP contribution in [-0.4, -0.2) is 32.4 Å². The molecule has 2 rings (SSSR count). The summed E-state index contributed by atoms with van der Waals surface area (Å²) in [4.78, 5) is 9.10. The van der Waals surface area contributed by atoms with E-state index < -0.39 is 0 Å². The number of fused-ring (bicyclic) bond motifs is 1. The standard InChI is InChI=1S/C13H18ClN3S/c1-10(6-9-18-2)17-12(5-7-14)16-11-4-3-8-15-13(11)17/h3-4,8,10H,5-7,9H2,1-2H3. The van der Waals surface area contributed by atoms with Gasteiger partial charge in [0.1, 0.15) is 11.3 Å². The second-order valence-corrected chi connectivity index (χ2v) is 5.68. The molecule has 18 heavy (non-hydrogen) atoms. The van der Waals surface area contributed by atoms with Crippen molar-refractivity contribution in [2.45, 2.75) is 25.8 Å². The van der Waals surface area contributed by atoms with Gasteiger partial charge in [-0.25, -0.2) is 9.97 Å². The number of alkyl halides is 1. The summed E-state index contributed by atoms with van der Waals surface area (Å²) in [7, 11) is 0. The summed E-state index contributed by atoms with van der Waals surface area (Å²) in [6.07, 6.45) is 5.88. The number of rotatable bonds is 6. The van der Waals surface area contributed by atoms with Crippen LogP contribution in [-0.2, 0) is 6.42 Å². The van der Waals surface area contributed by atoms with Crippen molar-refractivity contribution in [1.29, 1.82) is 0 Å². The summed E-state index contributed by atoms with van der Waals surface area (Å²) in [5.74, 6) is 2.79. The first-order valence-electron chi connectivity index (χ1n) is 6.14. The molecule has 3 nitrogen and oxygen atoms in total. The number of aromatic nitrogens is 3. The smallest absolute Gasteiger partial charge is 0.160 e. The number of thioether (sulfide) groups is 1. The van der Waals surface area contributed by atoms with Gasteiger partial charge in [0, 0.05) is 24.5 Å². The average molecular weight is 284 g/mol. The van der Waals surface area contributed by atoms with Crippen molar-refractivity contribution in [3.63, 3.8) is 0 Å². The van der Waals surface area contributed by atoms with Crippen LogP contribution >= 0.6 is 23.4 Å². The zero-order valence-electron chi connectivity index (χ0n) is 10.8. The minimum Gasteiger partial charge on any atom is -0.310 e. The summed E-state index contributed by atoms with van der Waals surface area (Å²) < 4.78 is 2.24. The molecule has 0 aliphatic heterocycles. The number of aryl methyl sites for hydroxylation is 1. The van der Waals surface area contributed by atoms with E-state index in [0.717, 1.165) is 35.6 Å². The van der Waals surface area contributed by atoms with E-state index in [9.17, 15) is 0 Å². The molecule has 2 aromatic rings. The highest BCUT2D eigenvalue weighted by molar-refractivity contribution is 7.98. The van der Waals surface area contributed by atoms with Crippen molar-refractivity contribution >= 4 is 34.5 Å². The molecule has 0 saturated carbocycles. The van der Waals surface area contributed by atoms with Gasteiger partial charge in [0.05, 0.1) is 0 Å². The van der Waals surface area contributed by atoms with Gasteiger partial charge in [-0.15, -0.1) is 11.6 Å². The normalized spacial score (nSPS) is 13.1. The lowest BCUT2D eigenvalue weighted by Gasteiger charge is -2.16. The van der Waals surface area contributed by atoms with Gasteiger partial charge in [-0.1, -0.05) is 0 Å². The number of hydrogen-bond acceptors (Lipinski definition) is 3. The van der Waals surface area contributed by atoms with Crippen LogP contribution in [0.4, 0.5) is 0 Å². The largest absolute Gasteiger partial charge is 0.310 e. The van der Waals surface area contributed by atoms with Gasteiger partial charge in [-0.2, -0.15) is 11.8 Å². The predicted octanol–water partition coefficient (Wildman–Crippen LogP) is 3.53. The minimum absolute atomic E-state index is 0.413. The molecule has 0 fully saturated rings. The molecular weight excluding hydrogens is 266 g/mol. The monoisotopic (exact) mass is 283 g/mol. The van der Waals surface area contributed by atoms with Crippen LogP contribution in [0.2, 0.25) is 0 Å². The molecule has 1 unspecified atom stereocenters. The van der Waals surface area contributed by atoms with E-state index in [4.69, 9.17) is 11.6 Å². The second-order valence-electron chi connectivity index (χ2n) is 4.31. The molecule has 2 aromatic heterocycles. The van der Waals surface area contributed by atoms with Crippen molar-refractivity contribution in [3.8, 4) is 0 Å². The number of hydrogen-bond donors (Lipinski definition) is 0. The molecule has 0 aliphatic rings. The van der Waals surface area contributed by atoms with Crippen LogP contribution in [0, 0.1) is 0 Å². The van der Waals surface area contributed by atoms with Crippen LogP contribution in [0.15, 0.2) is 18.3 Å². The van der Waals surface area contributed by atoms with Crippen LogP contribution in [0.5, 0.6) is 0 Å². The average Bonchev–Trinajstić information content (AvgIpc) is 2.74. The molecule has 2 heterocycles. The Morgan fingerprint density at radius 1 is 1.50 bits per heavy atom. The highest BCUT2D eigenvalue weighted by atomic mass is 35.5. The van der Waals surface area contributed by atoms with E-state index in [-0.39, 0.29) is 0 Å². The lowest BCUT2D eigenvalue weighted by atomic mass is 10.2. The maximum absolute atomic E-state index is 5.87. The molecule has 0 N–H and O–H groups in total. The van der Waals surface area contributed by atoms with Gasteiger partial charge in [-0.3, -0.25) is 0 Å². The van der Waals surface area contributed by atoms with Gasteiger partial charge < -0.3 is 4.57 Å². The third-order valence-electron chi connectivity index (χ3n) is 3.02. The second kappa shape index (κ2) is 6.43. The topological polar surface area (TPSA) is 30.7 Å². The summed E-state index contributed by atoms with van der Waals surface area (Å²) in [6, 6.07) is 4.35. The number of nitrogens with zero attached hydrogens (tertiary/aromatic N) is 3. The molecule has 0 aliphatic carbocycles. The number of imidazole rings is 1. The highest BCUT2D eigenvalue weighted by Crippen LogP contribution is 2.23. The van der Waals surface area contributed by atoms with Gasteiger partial charge >= 0.3 is 0 Å². The zero-order chi connectivity index (χ0) is 13.0. The quantitative estimate of drug-likeness (QED) is 0.760. The highest BCUT2D eigenvalue weighted by Gasteiger charge is 2.15. The Bertz CT molecular complexity index is 512. The Hall–Kier alpha value is -0.740. The van der Waals surface area contributed by atoms with Gasteiger partial charge in [0.2, 0.25) is 0 Å². The predicted molar refractivity (Wildman–Crippen MR) is 79.7 cm³/mol. The third-order valence-corrected chi connectivity index (χ3v) is 3.85. The van der Waals surface area contributed by atoms with Crippen LogP contribution in [0.1, 0.15) is 25.2 Å². The SMILES string of the molecule is CSCCC(C)n1c(CCCl)nc2cccnc21. The van der Waals surface area contributed by atoms with E-state index >= 15 is 0 Å². The first kappa shape index (κ1) is 13.7. The molecule has 0 amide bonds. The van der Waals surface area contributed by atoms with Gasteiger partial charge in [0.25, 0.3) is 0 Å². The van der Waals surface area contributed by atoms with E-state index in [1.54, 1.807) is 0 Å². The van der Waals surface area contributed by atoms with Crippen molar-refractivity contribution < 1.29 is 0 Å². The third kappa shape index (κ3) is 2.81. The lowest BCUT2D eigenvalue weighted by Crippen LogP contribution is -2.11. The Labute approximate surface area is 117 Å². The lowest BCUT2D eigenvalue weighted by molar-refractivity contribution is 0.525. The molecule has 0 spiro atoms. The zero-order valence-corrected chi connectivity index (χ0v) is 12.3. The summed E-state index contributed by atoms with van der Waals surface area (Å²) >= 11 is 7.74. The fourth-order valence-corrected chi connectivity index (χ4v) is 2.86. The van der Waals surface area contributed by atoms with Gasteiger partial charge in [-0.05, 0) is 37.5 Å². The summed E-state index contributed by atoms with van der Waals surface area (Å²) in [6.45, 7) is 2.23. The first-order valence-corrected chi connectivity index (χ1v) is 8.07. The maximum Gasteiger partial charge on any atom is 0.160 e. The first-order chi connectivity index (χ1) is 8.77. The number of pyridine rings is 1. The van der Waals surface area contributed by atoms with E-state index in [1.165, 1.54) is 0 Å². The Kier molecular flexibility index (Phi) is 4.89. The van der Waals surface area contributed by atoms with Crippen molar-refractivity contribution in [2.75, 3.05) is 17.9 Å².